The normalized spacial score (nSPS) is 15.6. The minimum absolute atomic E-state index is 0.00168. The summed E-state index contributed by atoms with van der Waals surface area (Å²) < 4.78 is 52.0. The molecule has 5 nitrogen and oxygen atoms in total. The number of carbonyl (C=O) groups excluding carboxylic acids is 1. The van der Waals surface area contributed by atoms with Gasteiger partial charge in [-0.3, -0.25) is 9.59 Å². The van der Waals surface area contributed by atoms with Crippen LogP contribution in [0, 0.1) is 18.7 Å². The third-order valence-corrected chi connectivity index (χ3v) is 4.13. The molecule has 1 aliphatic rings. The van der Waals surface area contributed by atoms with Crippen LogP contribution in [-0.2, 0) is 6.18 Å². The van der Waals surface area contributed by atoms with E-state index in [1.165, 1.54) is 6.92 Å². The Morgan fingerprint density at radius 1 is 1.31 bits per heavy atom. The van der Waals surface area contributed by atoms with Crippen molar-refractivity contribution >= 4 is 5.91 Å². The molecule has 0 spiro atoms. The van der Waals surface area contributed by atoms with Crippen molar-refractivity contribution in [3.63, 3.8) is 0 Å². The molecule has 138 valence electrons. The summed E-state index contributed by atoms with van der Waals surface area (Å²) in [6, 6.07) is 3.00. The van der Waals surface area contributed by atoms with E-state index in [2.05, 4.69) is 15.3 Å². The molecule has 1 aromatic carbocycles. The molecule has 0 radical (unpaired) electrons. The number of nitrogens with zero attached hydrogens (tertiary/aromatic N) is 1. The maximum atomic E-state index is 13.9. The minimum Gasteiger partial charge on any atom is -0.344 e. The van der Waals surface area contributed by atoms with Gasteiger partial charge in [0.15, 0.2) is 0 Å². The Kier molecular flexibility index (Phi) is 4.55. The van der Waals surface area contributed by atoms with E-state index in [0.29, 0.717) is 6.07 Å². The second-order valence-corrected chi connectivity index (χ2v) is 6.24. The van der Waals surface area contributed by atoms with Crippen LogP contribution in [-0.4, -0.2) is 15.9 Å². The molecule has 1 amide bonds. The fraction of sp³-hybridized carbons (Fsp3) is 0.353. The van der Waals surface area contributed by atoms with E-state index < -0.39 is 35.1 Å². The Morgan fingerprint density at radius 3 is 2.54 bits per heavy atom. The highest BCUT2D eigenvalue weighted by Gasteiger charge is 2.37. The number of H-pyrrole nitrogens is 1. The number of alkyl halides is 3. The summed E-state index contributed by atoms with van der Waals surface area (Å²) in [6.45, 7) is 1.52. The average molecular weight is 369 g/mol. The molecule has 2 N–H and O–H groups in total. The fourth-order valence-corrected chi connectivity index (χ4v) is 2.77. The van der Waals surface area contributed by atoms with Gasteiger partial charge in [-0.15, -0.1) is 0 Å². The Morgan fingerprint density at radius 2 is 2.00 bits per heavy atom. The van der Waals surface area contributed by atoms with Crippen LogP contribution in [0.25, 0.3) is 0 Å². The van der Waals surface area contributed by atoms with Crippen molar-refractivity contribution < 1.29 is 22.4 Å². The summed E-state index contributed by atoms with van der Waals surface area (Å²) in [6.07, 6.45) is -3.27. The van der Waals surface area contributed by atoms with Gasteiger partial charge in [-0.25, -0.2) is 9.37 Å². The van der Waals surface area contributed by atoms with Crippen LogP contribution < -0.4 is 10.9 Å². The molecular weight excluding hydrogens is 354 g/mol. The van der Waals surface area contributed by atoms with Crippen LogP contribution in [0.1, 0.15) is 46.3 Å². The molecule has 1 atom stereocenters. The SMILES string of the molecule is Cc1nc(C(=O)NC(c2ccc(C(F)(F)F)c(F)c2)C2CC2)cc(=O)[nH]1. The summed E-state index contributed by atoms with van der Waals surface area (Å²) in [4.78, 5) is 30.2. The smallest absolute Gasteiger partial charge is 0.344 e. The van der Waals surface area contributed by atoms with Crippen LogP contribution >= 0.6 is 0 Å². The Hall–Kier alpha value is -2.71. The van der Waals surface area contributed by atoms with Crippen molar-refractivity contribution in [3.8, 4) is 0 Å². The van der Waals surface area contributed by atoms with E-state index in [-0.39, 0.29) is 23.0 Å². The van der Waals surface area contributed by atoms with Crippen molar-refractivity contribution in [1.82, 2.24) is 15.3 Å². The van der Waals surface area contributed by atoms with Gasteiger partial charge in [0.25, 0.3) is 11.5 Å². The van der Waals surface area contributed by atoms with Gasteiger partial charge in [0.2, 0.25) is 0 Å². The monoisotopic (exact) mass is 369 g/mol. The third-order valence-electron chi connectivity index (χ3n) is 4.13. The van der Waals surface area contributed by atoms with Crippen LogP contribution in [0.15, 0.2) is 29.1 Å². The maximum Gasteiger partial charge on any atom is 0.419 e. The second-order valence-electron chi connectivity index (χ2n) is 6.24. The number of benzene rings is 1. The molecule has 1 aromatic heterocycles. The molecule has 0 aliphatic heterocycles. The molecule has 26 heavy (non-hydrogen) atoms. The van der Waals surface area contributed by atoms with Crippen LogP contribution in [0.5, 0.6) is 0 Å². The summed E-state index contributed by atoms with van der Waals surface area (Å²) in [5.74, 6) is -1.78. The highest BCUT2D eigenvalue weighted by Crippen LogP contribution is 2.42. The molecule has 3 rings (SSSR count). The van der Waals surface area contributed by atoms with Crippen molar-refractivity contribution in [2.45, 2.75) is 32.0 Å². The number of aromatic amines is 1. The zero-order valence-electron chi connectivity index (χ0n) is 13.7. The highest BCUT2D eigenvalue weighted by atomic mass is 19.4. The van der Waals surface area contributed by atoms with Crippen molar-refractivity contribution in [3.05, 3.63) is 63.1 Å². The van der Waals surface area contributed by atoms with Crippen LogP contribution in [0.2, 0.25) is 0 Å². The first-order chi connectivity index (χ1) is 12.1. The highest BCUT2D eigenvalue weighted by molar-refractivity contribution is 5.92. The number of carbonyl (C=O) groups is 1. The molecule has 9 heteroatoms. The summed E-state index contributed by atoms with van der Waals surface area (Å²) in [5.41, 5.74) is -1.71. The lowest BCUT2D eigenvalue weighted by Crippen LogP contribution is -2.32. The quantitative estimate of drug-likeness (QED) is 0.814. The Balaban J connectivity index is 1.87. The van der Waals surface area contributed by atoms with Gasteiger partial charge in [-0.05, 0) is 43.4 Å². The molecule has 2 aromatic rings. The first-order valence-corrected chi connectivity index (χ1v) is 7.90. The lowest BCUT2D eigenvalue weighted by atomic mass is 10.00. The van der Waals surface area contributed by atoms with Gasteiger partial charge in [-0.2, -0.15) is 13.2 Å². The first kappa shape index (κ1) is 18.1. The standard InChI is InChI=1S/C17H15F4N3O2/c1-8-22-13(7-14(25)23-8)16(26)24-15(9-2-3-9)10-4-5-11(12(18)6-10)17(19,20)21/h4-7,9,15H,2-3H2,1H3,(H,24,26)(H,22,23,25). The van der Waals surface area contributed by atoms with E-state index in [0.717, 1.165) is 31.0 Å². The van der Waals surface area contributed by atoms with E-state index in [4.69, 9.17) is 0 Å². The van der Waals surface area contributed by atoms with Gasteiger partial charge >= 0.3 is 6.18 Å². The van der Waals surface area contributed by atoms with Gasteiger partial charge < -0.3 is 10.3 Å². The van der Waals surface area contributed by atoms with Gasteiger partial charge in [0.1, 0.15) is 17.3 Å². The van der Waals surface area contributed by atoms with Gasteiger partial charge in [0, 0.05) is 6.07 Å². The van der Waals surface area contributed by atoms with E-state index in [1.54, 1.807) is 0 Å². The number of hydrogen-bond acceptors (Lipinski definition) is 3. The number of nitrogens with one attached hydrogen (secondary N) is 2. The van der Waals surface area contributed by atoms with Crippen molar-refractivity contribution in [1.29, 1.82) is 0 Å². The largest absolute Gasteiger partial charge is 0.419 e. The molecule has 1 heterocycles. The van der Waals surface area contributed by atoms with Crippen LogP contribution in [0.4, 0.5) is 17.6 Å². The molecular formula is C17H15F4N3O2. The number of aromatic nitrogens is 2. The lowest BCUT2D eigenvalue weighted by molar-refractivity contribution is -0.140. The number of hydrogen-bond donors (Lipinski definition) is 2. The number of rotatable bonds is 4. The van der Waals surface area contributed by atoms with Crippen molar-refractivity contribution in [2.75, 3.05) is 0 Å². The predicted molar refractivity (Wildman–Crippen MR) is 83.9 cm³/mol. The molecule has 0 bridgehead atoms. The zero-order valence-corrected chi connectivity index (χ0v) is 13.7. The van der Waals surface area contributed by atoms with E-state index in [9.17, 15) is 27.2 Å². The topological polar surface area (TPSA) is 74.8 Å². The van der Waals surface area contributed by atoms with E-state index >= 15 is 0 Å². The Bertz CT molecular complexity index is 904. The van der Waals surface area contributed by atoms with Crippen molar-refractivity contribution in [2.24, 2.45) is 5.92 Å². The summed E-state index contributed by atoms with van der Waals surface area (Å²) in [5, 5.41) is 2.65. The predicted octanol–water partition coefficient (Wildman–Crippen LogP) is 3.12. The van der Waals surface area contributed by atoms with E-state index in [1.807, 2.05) is 0 Å². The average Bonchev–Trinajstić information content (AvgIpc) is 3.34. The number of aryl methyl sites for hydroxylation is 1. The minimum atomic E-state index is -4.78. The van der Waals surface area contributed by atoms with Gasteiger partial charge in [-0.1, -0.05) is 6.07 Å². The first-order valence-electron chi connectivity index (χ1n) is 7.90. The van der Waals surface area contributed by atoms with Gasteiger partial charge in [0.05, 0.1) is 11.6 Å². The molecule has 1 fully saturated rings. The Labute approximate surface area is 145 Å². The second kappa shape index (κ2) is 6.54. The number of halogens is 4. The number of amides is 1. The molecule has 1 unspecified atom stereocenters. The van der Waals surface area contributed by atoms with Crippen LogP contribution in [0.3, 0.4) is 0 Å². The molecule has 1 aliphatic carbocycles. The third kappa shape index (κ3) is 3.92. The lowest BCUT2D eigenvalue weighted by Gasteiger charge is -2.20. The summed E-state index contributed by atoms with van der Waals surface area (Å²) >= 11 is 0. The maximum absolute atomic E-state index is 13.9. The molecule has 1 saturated carbocycles. The summed E-state index contributed by atoms with van der Waals surface area (Å²) in [7, 11) is 0. The fourth-order valence-electron chi connectivity index (χ4n) is 2.77. The zero-order chi connectivity index (χ0) is 19.1. The molecule has 0 saturated heterocycles.